The molecule has 1 atom stereocenters. The summed E-state index contributed by atoms with van der Waals surface area (Å²) in [6.07, 6.45) is 20.7. The van der Waals surface area contributed by atoms with Gasteiger partial charge >= 0.3 is 5.97 Å². The van der Waals surface area contributed by atoms with Crippen molar-refractivity contribution in [1.29, 1.82) is 0 Å². The maximum Gasteiger partial charge on any atom is 0.338 e. The average Bonchev–Trinajstić information content (AvgIpc) is 3.34. The zero-order valence-electron chi connectivity index (χ0n) is 24.3. The maximum atomic E-state index is 12.8. The van der Waals surface area contributed by atoms with Crippen LogP contribution >= 0.6 is 11.3 Å². The van der Waals surface area contributed by atoms with E-state index in [9.17, 15) is 4.79 Å². The highest BCUT2D eigenvalue weighted by atomic mass is 32.1. The molecule has 0 aliphatic rings. The van der Waals surface area contributed by atoms with E-state index in [0.717, 1.165) is 18.6 Å². The van der Waals surface area contributed by atoms with Gasteiger partial charge in [0.1, 0.15) is 12.7 Å². The molecule has 0 amide bonds. The average molecular weight is 547 g/mol. The second-order valence-corrected chi connectivity index (χ2v) is 11.5. The predicted octanol–water partition coefficient (Wildman–Crippen LogP) is 8.06. The van der Waals surface area contributed by atoms with Gasteiger partial charge in [-0.05, 0) is 19.4 Å². The molecule has 2 rings (SSSR count). The topological polar surface area (TPSA) is 48.6 Å². The molecule has 0 saturated heterocycles. The molecular weight excluding hydrogens is 494 g/mol. The molecule has 0 bridgehead atoms. The van der Waals surface area contributed by atoms with Gasteiger partial charge in [-0.15, -0.1) is 0 Å². The largest absolute Gasteiger partial charge is 0.459 e. The number of esters is 1. The van der Waals surface area contributed by atoms with Crippen LogP contribution in [0.3, 0.4) is 0 Å². The Morgan fingerprint density at radius 1 is 0.868 bits per heavy atom. The van der Waals surface area contributed by atoms with Crippen molar-refractivity contribution in [3.05, 3.63) is 52.0 Å². The second kappa shape index (κ2) is 21.1. The highest BCUT2D eigenvalue weighted by molar-refractivity contribution is 7.09. The molecule has 2 aromatic rings. The number of ether oxygens (including phenoxy) is 3. The van der Waals surface area contributed by atoms with Crippen molar-refractivity contribution in [3.8, 4) is 0 Å². The van der Waals surface area contributed by atoms with E-state index in [2.05, 4.69) is 30.1 Å². The summed E-state index contributed by atoms with van der Waals surface area (Å²) in [6, 6.07) is 7.63. The third-order valence-electron chi connectivity index (χ3n) is 6.99. The lowest BCUT2D eigenvalue weighted by atomic mass is 10.0. The Kier molecular flexibility index (Phi) is 18.0. The van der Waals surface area contributed by atoms with Crippen LogP contribution in [0.1, 0.15) is 118 Å². The van der Waals surface area contributed by atoms with Crippen LogP contribution in [-0.2, 0) is 20.8 Å². The van der Waals surface area contributed by atoms with Crippen molar-refractivity contribution in [2.45, 2.75) is 116 Å². The number of aromatic nitrogens is 1. The summed E-state index contributed by atoms with van der Waals surface area (Å²) in [6.45, 7) is 6.35. The maximum absolute atomic E-state index is 12.8. The highest BCUT2D eigenvalue weighted by Gasteiger charge is 2.18. The van der Waals surface area contributed by atoms with E-state index in [0.29, 0.717) is 18.7 Å². The summed E-state index contributed by atoms with van der Waals surface area (Å²) in [5.41, 5.74) is 3.61. The van der Waals surface area contributed by atoms with Crippen molar-refractivity contribution >= 4 is 17.3 Å². The molecule has 0 radical (unpaired) electrons. The zero-order valence-corrected chi connectivity index (χ0v) is 25.1. The summed E-state index contributed by atoms with van der Waals surface area (Å²) in [4.78, 5) is 14.0. The fraction of sp³-hybridized carbons (Fsp3) is 0.688. The lowest BCUT2D eigenvalue weighted by molar-refractivity contribution is -0.683. The number of benzene rings is 1. The number of rotatable bonds is 23. The molecule has 6 heteroatoms. The lowest BCUT2D eigenvalue weighted by Gasteiger charge is -2.16. The number of thiazole rings is 1. The molecule has 0 aliphatic carbocycles. The molecule has 1 aromatic heterocycles. The molecule has 0 fully saturated rings. The number of hydrogen-bond donors (Lipinski definition) is 0. The molecule has 0 spiro atoms. The van der Waals surface area contributed by atoms with Crippen LogP contribution in [0, 0.1) is 6.92 Å². The van der Waals surface area contributed by atoms with Gasteiger partial charge in [-0.25, -0.2) is 4.79 Å². The molecule has 0 N–H and O–H groups in total. The molecule has 1 heterocycles. The van der Waals surface area contributed by atoms with Gasteiger partial charge in [0.25, 0.3) is 0 Å². The van der Waals surface area contributed by atoms with Crippen molar-refractivity contribution < 1.29 is 23.6 Å². The van der Waals surface area contributed by atoms with Gasteiger partial charge in [-0.2, -0.15) is 4.57 Å². The molecule has 1 unspecified atom stereocenters. The van der Waals surface area contributed by atoms with Crippen LogP contribution in [0.15, 0.2) is 36.0 Å². The number of carbonyl (C=O) groups is 1. The van der Waals surface area contributed by atoms with Gasteiger partial charge in [-0.3, -0.25) is 0 Å². The first-order chi connectivity index (χ1) is 18.6. The van der Waals surface area contributed by atoms with E-state index in [1.54, 1.807) is 18.4 Å². The zero-order chi connectivity index (χ0) is 27.3. The molecule has 5 nitrogen and oxygen atoms in total. The number of carbonyl (C=O) groups excluding carboxylic acids is 1. The van der Waals surface area contributed by atoms with Crippen LogP contribution in [0.4, 0.5) is 0 Å². The number of nitrogens with zero attached hydrogens (tertiary/aromatic N) is 1. The third kappa shape index (κ3) is 14.4. The SMILES string of the molecule is CCCCCCCCCCCCCCCCOCC(COC(=O)c1ccccc1C[n+]1csc(C)c1)OC. The van der Waals surface area contributed by atoms with E-state index in [-0.39, 0.29) is 18.7 Å². The van der Waals surface area contributed by atoms with Crippen molar-refractivity contribution in [2.24, 2.45) is 0 Å². The van der Waals surface area contributed by atoms with Gasteiger partial charge in [-0.1, -0.05) is 120 Å². The van der Waals surface area contributed by atoms with Gasteiger partial charge < -0.3 is 14.2 Å². The van der Waals surface area contributed by atoms with E-state index in [1.165, 1.54) is 88.3 Å². The summed E-state index contributed by atoms with van der Waals surface area (Å²) in [5.74, 6) is -0.317. The molecule has 214 valence electrons. The minimum absolute atomic E-state index is 0.188. The summed E-state index contributed by atoms with van der Waals surface area (Å²) in [5, 5.41) is 0. The first kappa shape index (κ1) is 32.5. The molecule has 1 aromatic carbocycles. The Bertz CT molecular complexity index is 869. The summed E-state index contributed by atoms with van der Waals surface area (Å²) >= 11 is 1.69. The number of methoxy groups -OCH3 is 1. The Labute approximate surface area is 235 Å². The first-order valence-corrected chi connectivity index (χ1v) is 15.8. The van der Waals surface area contributed by atoms with Crippen LogP contribution in [0.2, 0.25) is 0 Å². The second-order valence-electron chi connectivity index (χ2n) is 10.4. The molecule has 38 heavy (non-hydrogen) atoms. The fourth-order valence-electron chi connectivity index (χ4n) is 4.63. The van der Waals surface area contributed by atoms with E-state index in [4.69, 9.17) is 14.2 Å². The lowest BCUT2D eigenvalue weighted by Crippen LogP contribution is -2.32. The van der Waals surface area contributed by atoms with Crippen molar-refractivity contribution in [1.82, 2.24) is 0 Å². The van der Waals surface area contributed by atoms with Crippen LogP contribution < -0.4 is 4.57 Å². The summed E-state index contributed by atoms with van der Waals surface area (Å²) < 4.78 is 19.0. The first-order valence-electron chi connectivity index (χ1n) is 14.9. The standard InChI is InChI=1S/C32H52NO4S/c1-4-5-6-7-8-9-10-11-12-13-14-15-16-19-22-36-25-30(35-3)26-37-32(34)31-21-18-17-20-29(31)24-33-23-28(2)38-27-33/h17-18,20-21,23,27,30H,4-16,19,22,24-26H2,1-3H3/q+1. The van der Waals surface area contributed by atoms with Crippen LogP contribution in [-0.4, -0.2) is 39.0 Å². The Morgan fingerprint density at radius 2 is 1.47 bits per heavy atom. The van der Waals surface area contributed by atoms with E-state index in [1.807, 2.05) is 24.3 Å². The van der Waals surface area contributed by atoms with Gasteiger partial charge in [0.15, 0.2) is 12.7 Å². The quantitative estimate of drug-likeness (QED) is 0.0803. The van der Waals surface area contributed by atoms with Crippen molar-refractivity contribution in [2.75, 3.05) is 26.9 Å². The highest BCUT2D eigenvalue weighted by Crippen LogP contribution is 2.14. The van der Waals surface area contributed by atoms with Gasteiger partial charge in [0.2, 0.25) is 5.51 Å². The van der Waals surface area contributed by atoms with Crippen LogP contribution in [0.25, 0.3) is 0 Å². The Hall–Kier alpha value is -1.76. The Morgan fingerprint density at radius 3 is 2.05 bits per heavy atom. The van der Waals surface area contributed by atoms with Gasteiger partial charge in [0.05, 0.1) is 17.0 Å². The van der Waals surface area contributed by atoms with E-state index >= 15 is 0 Å². The smallest absolute Gasteiger partial charge is 0.338 e. The molecular formula is C32H52NO4S+. The Balaban J connectivity index is 1.49. The number of unbranched alkanes of at least 4 members (excludes halogenated alkanes) is 13. The minimum Gasteiger partial charge on any atom is -0.459 e. The third-order valence-corrected chi connectivity index (χ3v) is 7.84. The van der Waals surface area contributed by atoms with Gasteiger partial charge in [0, 0.05) is 19.3 Å². The normalized spacial score (nSPS) is 12.1. The minimum atomic E-state index is -0.317. The van der Waals surface area contributed by atoms with Crippen LogP contribution in [0.5, 0.6) is 0 Å². The monoisotopic (exact) mass is 546 g/mol. The number of aryl methyl sites for hydroxylation is 1. The van der Waals surface area contributed by atoms with Crippen molar-refractivity contribution in [3.63, 3.8) is 0 Å². The molecule has 0 aliphatic heterocycles. The number of hydrogen-bond acceptors (Lipinski definition) is 5. The predicted molar refractivity (Wildman–Crippen MR) is 157 cm³/mol. The van der Waals surface area contributed by atoms with E-state index < -0.39 is 0 Å². The fourth-order valence-corrected chi connectivity index (χ4v) is 5.26. The molecule has 0 saturated carbocycles. The summed E-state index contributed by atoms with van der Waals surface area (Å²) in [7, 11) is 1.64.